The van der Waals surface area contributed by atoms with Crippen molar-refractivity contribution in [1.29, 1.82) is 0 Å². The van der Waals surface area contributed by atoms with Gasteiger partial charge in [-0.3, -0.25) is 4.79 Å². The fraction of sp³-hybridized carbons (Fsp3) is 0.438. The second kappa shape index (κ2) is 8.17. The highest BCUT2D eigenvalue weighted by Crippen LogP contribution is 2.15. The lowest BCUT2D eigenvalue weighted by Crippen LogP contribution is -2.50. The lowest BCUT2D eigenvalue weighted by molar-refractivity contribution is -0.120. The highest BCUT2D eigenvalue weighted by molar-refractivity contribution is 6.30. The largest absolute Gasteiger partial charge is 0.396 e. The third-order valence-corrected chi connectivity index (χ3v) is 3.37. The van der Waals surface area contributed by atoms with Crippen LogP contribution in [-0.4, -0.2) is 36.9 Å². The van der Waals surface area contributed by atoms with E-state index in [0.29, 0.717) is 23.6 Å². The van der Waals surface area contributed by atoms with Crippen molar-refractivity contribution in [2.75, 3.05) is 20.3 Å². The molecule has 2 N–H and O–H groups in total. The molecule has 1 amide bonds. The zero-order valence-electron chi connectivity index (χ0n) is 12.6. The minimum Gasteiger partial charge on any atom is -0.396 e. The summed E-state index contributed by atoms with van der Waals surface area (Å²) in [6.45, 7) is 3.90. The molecular formula is C16H22ClNO3. The summed E-state index contributed by atoms with van der Waals surface area (Å²) >= 11 is 5.92. The number of aliphatic hydroxyl groups is 1. The van der Waals surface area contributed by atoms with E-state index in [9.17, 15) is 4.79 Å². The Bertz CT molecular complexity index is 508. The van der Waals surface area contributed by atoms with Crippen molar-refractivity contribution in [3.8, 4) is 0 Å². The van der Waals surface area contributed by atoms with E-state index >= 15 is 0 Å². The van der Waals surface area contributed by atoms with Crippen LogP contribution in [0.4, 0.5) is 0 Å². The normalized spacial score (nSPS) is 14.6. The topological polar surface area (TPSA) is 58.6 Å². The number of carbonyl (C=O) groups excluding carboxylic acids is 1. The summed E-state index contributed by atoms with van der Waals surface area (Å²) in [6, 6.07) is 7.29. The van der Waals surface area contributed by atoms with Crippen LogP contribution in [0.5, 0.6) is 0 Å². The van der Waals surface area contributed by atoms with Gasteiger partial charge in [-0.15, -0.1) is 0 Å². The molecule has 0 heterocycles. The Kier molecular flexibility index (Phi) is 6.89. The summed E-state index contributed by atoms with van der Waals surface area (Å²) in [6.07, 6.45) is 2.20. The van der Waals surface area contributed by atoms with E-state index in [1.807, 2.05) is 19.1 Å². The van der Waals surface area contributed by atoms with Crippen molar-refractivity contribution in [2.45, 2.75) is 25.8 Å². The van der Waals surface area contributed by atoms with Crippen molar-refractivity contribution in [1.82, 2.24) is 5.32 Å². The van der Waals surface area contributed by atoms with E-state index < -0.39 is 5.54 Å². The summed E-state index contributed by atoms with van der Waals surface area (Å²) in [5, 5.41) is 12.6. The molecular weight excluding hydrogens is 290 g/mol. The summed E-state index contributed by atoms with van der Waals surface area (Å²) in [7, 11) is 1.57. The fourth-order valence-electron chi connectivity index (χ4n) is 2.02. The molecule has 0 spiro atoms. The Hall–Kier alpha value is -1.36. The average Bonchev–Trinajstić information content (AvgIpc) is 2.38. The van der Waals surface area contributed by atoms with Crippen LogP contribution in [-0.2, 0) is 9.53 Å². The highest BCUT2D eigenvalue weighted by Gasteiger charge is 2.26. The van der Waals surface area contributed by atoms with Crippen molar-refractivity contribution in [2.24, 2.45) is 0 Å². The van der Waals surface area contributed by atoms with Crippen LogP contribution in [0.1, 0.15) is 25.8 Å². The van der Waals surface area contributed by atoms with Crippen LogP contribution >= 0.6 is 11.6 Å². The van der Waals surface area contributed by atoms with E-state index in [0.717, 1.165) is 5.56 Å². The van der Waals surface area contributed by atoms with E-state index in [2.05, 4.69) is 5.32 Å². The van der Waals surface area contributed by atoms with Gasteiger partial charge >= 0.3 is 0 Å². The standard InChI is InChI=1S/C16H22ClNO3/c1-12(9-13-5-4-6-14(17)10-13)15(20)18-16(2,7-8-19)11-21-3/h4-6,9-10,19H,7-8,11H2,1-3H3,(H,18,20)/b12-9+. The number of nitrogens with one attached hydrogen (secondary N) is 1. The molecule has 0 saturated heterocycles. The Labute approximate surface area is 130 Å². The fourth-order valence-corrected chi connectivity index (χ4v) is 2.22. The maximum absolute atomic E-state index is 12.2. The van der Waals surface area contributed by atoms with Crippen molar-refractivity contribution in [3.05, 3.63) is 40.4 Å². The molecule has 1 atom stereocenters. The molecule has 1 rings (SSSR count). The lowest BCUT2D eigenvalue weighted by atomic mass is 9.98. The maximum atomic E-state index is 12.2. The number of ether oxygens (including phenoxy) is 1. The molecule has 116 valence electrons. The molecule has 0 saturated carbocycles. The van der Waals surface area contributed by atoms with Crippen LogP contribution in [0.2, 0.25) is 5.02 Å². The number of methoxy groups -OCH3 is 1. The highest BCUT2D eigenvalue weighted by atomic mass is 35.5. The summed E-state index contributed by atoms with van der Waals surface area (Å²) in [5.74, 6) is -0.192. The second-order valence-electron chi connectivity index (χ2n) is 5.30. The first-order valence-electron chi connectivity index (χ1n) is 6.76. The quantitative estimate of drug-likeness (QED) is 0.761. The van der Waals surface area contributed by atoms with Crippen LogP contribution in [0.25, 0.3) is 6.08 Å². The van der Waals surface area contributed by atoms with Gasteiger partial charge in [-0.25, -0.2) is 0 Å². The lowest BCUT2D eigenvalue weighted by Gasteiger charge is -2.29. The molecule has 0 aliphatic rings. The Morgan fingerprint density at radius 1 is 1.52 bits per heavy atom. The Morgan fingerprint density at radius 3 is 2.81 bits per heavy atom. The van der Waals surface area contributed by atoms with E-state index in [4.69, 9.17) is 21.4 Å². The van der Waals surface area contributed by atoms with E-state index in [-0.39, 0.29) is 12.5 Å². The van der Waals surface area contributed by atoms with Gasteiger partial charge in [-0.2, -0.15) is 0 Å². The maximum Gasteiger partial charge on any atom is 0.247 e. The molecule has 0 bridgehead atoms. The molecule has 0 radical (unpaired) electrons. The minimum atomic E-state index is -0.593. The molecule has 0 aliphatic heterocycles. The third-order valence-electron chi connectivity index (χ3n) is 3.13. The zero-order valence-corrected chi connectivity index (χ0v) is 13.4. The molecule has 4 nitrogen and oxygen atoms in total. The predicted octanol–water partition coefficient (Wildman–Crippen LogP) is 2.65. The first-order chi connectivity index (χ1) is 9.90. The van der Waals surface area contributed by atoms with Gasteiger partial charge in [0, 0.05) is 24.3 Å². The molecule has 0 aliphatic carbocycles. The summed E-state index contributed by atoms with van der Waals surface area (Å²) in [4.78, 5) is 12.2. The number of aliphatic hydroxyl groups excluding tert-OH is 1. The molecule has 1 aromatic rings. The van der Waals surface area contributed by atoms with Gasteiger partial charge < -0.3 is 15.2 Å². The number of hydrogen-bond acceptors (Lipinski definition) is 3. The second-order valence-corrected chi connectivity index (χ2v) is 5.74. The molecule has 0 fully saturated rings. The third kappa shape index (κ3) is 5.87. The molecule has 1 aromatic carbocycles. The molecule has 21 heavy (non-hydrogen) atoms. The SMILES string of the molecule is COCC(C)(CCO)NC(=O)/C(C)=C/c1cccc(Cl)c1. The van der Waals surface area contributed by atoms with E-state index in [1.165, 1.54) is 0 Å². The number of amides is 1. The zero-order chi connectivity index (χ0) is 15.9. The number of rotatable bonds is 7. The van der Waals surface area contributed by atoms with Crippen molar-refractivity contribution >= 4 is 23.6 Å². The predicted molar refractivity (Wildman–Crippen MR) is 85.2 cm³/mol. The summed E-state index contributed by atoms with van der Waals surface area (Å²) < 4.78 is 5.11. The van der Waals surface area contributed by atoms with E-state index in [1.54, 1.807) is 32.2 Å². The van der Waals surface area contributed by atoms with Gasteiger partial charge in [0.2, 0.25) is 5.91 Å². The first kappa shape index (κ1) is 17.7. The van der Waals surface area contributed by atoms with Crippen molar-refractivity contribution in [3.63, 3.8) is 0 Å². The van der Waals surface area contributed by atoms with Crippen LogP contribution in [0.15, 0.2) is 29.8 Å². The van der Waals surface area contributed by atoms with Crippen LogP contribution < -0.4 is 5.32 Å². The van der Waals surface area contributed by atoms with Crippen LogP contribution in [0, 0.1) is 0 Å². The Morgan fingerprint density at radius 2 is 2.24 bits per heavy atom. The monoisotopic (exact) mass is 311 g/mol. The number of carbonyl (C=O) groups is 1. The van der Waals surface area contributed by atoms with Gasteiger partial charge in [-0.05, 0) is 44.0 Å². The smallest absolute Gasteiger partial charge is 0.247 e. The van der Waals surface area contributed by atoms with Gasteiger partial charge in [-0.1, -0.05) is 23.7 Å². The molecule has 0 aromatic heterocycles. The van der Waals surface area contributed by atoms with Gasteiger partial charge in [0.25, 0.3) is 0 Å². The number of halogens is 1. The van der Waals surface area contributed by atoms with Crippen LogP contribution in [0.3, 0.4) is 0 Å². The van der Waals surface area contributed by atoms with Gasteiger partial charge in [0.15, 0.2) is 0 Å². The first-order valence-corrected chi connectivity index (χ1v) is 7.14. The van der Waals surface area contributed by atoms with Gasteiger partial charge in [0.05, 0.1) is 12.1 Å². The number of benzene rings is 1. The number of hydrogen-bond donors (Lipinski definition) is 2. The minimum absolute atomic E-state index is 0.0167. The van der Waals surface area contributed by atoms with Crippen molar-refractivity contribution < 1.29 is 14.6 Å². The summed E-state index contributed by atoms with van der Waals surface area (Å²) in [5.41, 5.74) is 0.840. The molecule has 1 unspecified atom stereocenters. The van der Waals surface area contributed by atoms with Gasteiger partial charge in [0.1, 0.15) is 0 Å². The Balaban J connectivity index is 2.81. The molecule has 5 heteroatoms. The average molecular weight is 312 g/mol.